The molecule has 1 fully saturated rings. The molecule has 0 saturated heterocycles. The number of nitrogens with two attached hydrogens (primary N) is 1. The summed E-state index contributed by atoms with van der Waals surface area (Å²) in [4.78, 5) is 11.4. The highest BCUT2D eigenvalue weighted by atomic mass is 19.1. The summed E-state index contributed by atoms with van der Waals surface area (Å²) in [5.74, 6) is 0. The van der Waals surface area contributed by atoms with Crippen molar-refractivity contribution in [3.8, 4) is 0 Å². The van der Waals surface area contributed by atoms with Gasteiger partial charge >= 0.3 is 6.09 Å². The second kappa shape index (κ2) is 4.99. The number of hydrogen-bond donors (Lipinski definition) is 2. The van der Waals surface area contributed by atoms with E-state index in [9.17, 15) is 9.18 Å². The molecule has 0 aromatic carbocycles. The molecule has 3 atom stereocenters. The van der Waals surface area contributed by atoms with Crippen LogP contribution in [0.2, 0.25) is 0 Å². The van der Waals surface area contributed by atoms with Crippen LogP contribution in [0.25, 0.3) is 0 Å². The molecule has 5 heteroatoms. The van der Waals surface area contributed by atoms with Gasteiger partial charge in [-0.1, -0.05) is 0 Å². The summed E-state index contributed by atoms with van der Waals surface area (Å²) in [7, 11) is 0. The van der Waals surface area contributed by atoms with E-state index < -0.39 is 23.9 Å². The van der Waals surface area contributed by atoms with Crippen LogP contribution in [-0.2, 0) is 4.74 Å². The maximum absolute atomic E-state index is 13.5. The number of halogens is 1. The molecule has 0 heterocycles. The van der Waals surface area contributed by atoms with E-state index in [1.54, 1.807) is 20.8 Å². The summed E-state index contributed by atoms with van der Waals surface area (Å²) >= 11 is 0. The van der Waals surface area contributed by atoms with E-state index >= 15 is 0 Å². The number of carbonyl (C=O) groups excluding carboxylic acids is 1. The minimum absolute atomic E-state index is 0.0910. The topological polar surface area (TPSA) is 64.3 Å². The largest absolute Gasteiger partial charge is 0.444 e. The number of nitrogens with one attached hydrogen (secondary N) is 1. The standard InChI is InChI=1S/C11H21FN2O2/c1-11(2,3)16-10(15)14-9-5-4-7(13)6-8(9)12/h7-9H,4-6,13H2,1-3H3,(H,14,15)/t7-,8-,9+/m0/s1. The lowest BCUT2D eigenvalue weighted by atomic mass is 9.90. The van der Waals surface area contributed by atoms with Crippen molar-refractivity contribution in [2.75, 3.05) is 0 Å². The van der Waals surface area contributed by atoms with Crippen LogP contribution in [0.15, 0.2) is 0 Å². The molecule has 16 heavy (non-hydrogen) atoms. The Morgan fingerprint density at radius 3 is 2.56 bits per heavy atom. The third-order valence-electron chi connectivity index (χ3n) is 2.52. The van der Waals surface area contributed by atoms with Crippen molar-refractivity contribution in [1.82, 2.24) is 5.32 Å². The molecule has 1 aliphatic rings. The molecule has 0 aromatic heterocycles. The van der Waals surface area contributed by atoms with E-state index in [1.165, 1.54) is 0 Å². The summed E-state index contributed by atoms with van der Waals surface area (Å²) in [5.41, 5.74) is 5.08. The lowest BCUT2D eigenvalue weighted by Crippen LogP contribution is -2.49. The maximum atomic E-state index is 13.5. The van der Waals surface area contributed by atoms with Crippen molar-refractivity contribution in [1.29, 1.82) is 0 Å². The van der Waals surface area contributed by atoms with Crippen molar-refractivity contribution >= 4 is 6.09 Å². The lowest BCUT2D eigenvalue weighted by molar-refractivity contribution is 0.0445. The second-order valence-corrected chi connectivity index (χ2v) is 5.34. The van der Waals surface area contributed by atoms with Crippen LogP contribution in [-0.4, -0.2) is 29.9 Å². The van der Waals surface area contributed by atoms with Crippen LogP contribution < -0.4 is 11.1 Å². The molecule has 0 aromatic rings. The first-order chi connectivity index (χ1) is 7.28. The van der Waals surface area contributed by atoms with Gasteiger partial charge in [-0.05, 0) is 40.0 Å². The van der Waals surface area contributed by atoms with E-state index in [0.717, 1.165) is 6.42 Å². The summed E-state index contributed by atoms with van der Waals surface area (Å²) in [6.07, 6.45) is -0.0185. The van der Waals surface area contributed by atoms with Crippen molar-refractivity contribution in [2.24, 2.45) is 5.73 Å². The van der Waals surface area contributed by atoms with Crippen molar-refractivity contribution in [2.45, 2.75) is 63.9 Å². The Kier molecular flexibility index (Phi) is 4.13. The lowest BCUT2D eigenvalue weighted by Gasteiger charge is -2.31. The van der Waals surface area contributed by atoms with Crippen LogP contribution in [0.3, 0.4) is 0 Å². The van der Waals surface area contributed by atoms with Crippen LogP contribution in [0.4, 0.5) is 9.18 Å². The number of alkyl halides is 1. The van der Waals surface area contributed by atoms with Gasteiger partial charge in [-0.25, -0.2) is 9.18 Å². The van der Waals surface area contributed by atoms with E-state index in [0.29, 0.717) is 12.8 Å². The third-order valence-corrected chi connectivity index (χ3v) is 2.52. The Balaban J connectivity index is 2.39. The van der Waals surface area contributed by atoms with Gasteiger partial charge in [-0.15, -0.1) is 0 Å². The molecule has 1 saturated carbocycles. The van der Waals surface area contributed by atoms with E-state index in [1.807, 2.05) is 0 Å². The SMILES string of the molecule is CC(C)(C)OC(=O)N[C@@H]1CC[C@H](N)C[C@@H]1F. The van der Waals surface area contributed by atoms with E-state index in [-0.39, 0.29) is 6.04 Å². The molecule has 1 rings (SSSR count). The zero-order chi connectivity index (χ0) is 12.3. The van der Waals surface area contributed by atoms with Gasteiger partial charge in [0.25, 0.3) is 0 Å². The first-order valence-corrected chi connectivity index (χ1v) is 5.67. The fourth-order valence-electron chi connectivity index (χ4n) is 1.77. The number of amides is 1. The number of alkyl carbamates (subject to hydrolysis) is 1. The van der Waals surface area contributed by atoms with Gasteiger partial charge in [0.15, 0.2) is 0 Å². The Morgan fingerprint density at radius 2 is 2.06 bits per heavy atom. The fraction of sp³-hybridized carbons (Fsp3) is 0.909. The molecule has 1 aliphatic carbocycles. The zero-order valence-electron chi connectivity index (χ0n) is 10.1. The smallest absolute Gasteiger partial charge is 0.407 e. The van der Waals surface area contributed by atoms with Gasteiger partial charge < -0.3 is 15.8 Å². The third kappa shape index (κ3) is 4.35. The average Bonchev–Trinajstić information content (AvgIpc) is 2.06. The molecule has 0 bridgehead atoms. The number of ether oxygens (including phenoxy) is 1. The molecule has 0 spiro atoms. The van der Waals surface area contributed by atoms with Gasteiger partial charge in [-0.2, -0.15) is 0 Å². The molecule has 0 aliphatic heterocycles. The van der Waals surface area contributed by atoms with Gasteiger partial charge in [0.05, 0.1) is 6.04 Å². The molecular weight excluding hydrogens is 211 g/mol. The predicted molar refractivity (Wildman–Crippen MR) is 59.9 cm³/mol. The minimum Gasteiger partial charge on any atom is -0.444 e. The van der Waals surface area contributed by atoms with Gasteiger partial charge in [0.2, 0.25) is 0 Å². The average molecular weight is 232 g/mol. The Hall–Kier alpha value is -0.840. The summed E-state index contributed by atoms with van der Waals surface area (Å²) in [5, 5.41) is 2.55. The van der Waals surface area contributed by atoms with Gasteiger partial charge in [-0.3, -0.25) is 0 Å². The highest BCUT2D eigenvalue weighted by Crippen LogP contribution is 2.21. The quantitative estimate of drug-likeness (QED) is 0.723. The Labute approximate surface area is 95.7 Å². The first kappa shape index (κ1) is 13.2. The first-order valence-electron chi connectivity index (χ1n) is 5.67. The second-order valence-electron chi connectivity index (χ2n) is 5.34. The molecule has 94 valence electrons. The summed E-state index contributed by atoms with van der Waals surface area (Å²) in [6.45, 7) is 5.32. The maximum Gasteiger partial charge on any atom is 0.407 e. The molecule has 0 radical (unpaired) electrons. The fourth-order valence-corrected chi connectivity index (χ4v) is 1.77. The Morgan fingerprint density at radius 1 is 1.44 bits per heavy atom. The summed E-state index contributed by atoms with van der Waals surface area (Å²) in [6, 6.07) is -0.554. The van der Waals surface area contributed by atoms with E-state index in [4.69, 9.17) is 10.5 Å². The van der Waals surface area contributed by atoms with Crippen molar-refractivity contribution in [3.63, 3.8) is 0 Å². The normalized spacial score (nSPS) is 30.9. The monoisotopic (exact) mass is 232 g/mol. The van der Waals surface area contributed by atoms with Gasteiger partial charge in [0, 0.05) is 6.04 Å². The number of hydrogen-bond acceptors (Lipinski definition) is 3. The number of rotatable bonds is 1. The summed E-state index contributed by atoms with van der Waals surface area (Å²) < 4.78 is 18.6. The molecule has 0 unspecified atom stereocenters. The van der Waals surface area contributed by atoms with Gasteiger partial charge in [0.1, 0.15) is 11.8 Å². The van der Waals surface area contributed by atoms with E-state index in [2.05, 4.69) is 5.32 Å². The minimum atomic E-state index is -1.07. The molecule has 4 nitrogen and oxygen atoms in total. The molecule has 3 N–H and O–H groups in total. The van der Waals surface area contributed by atoms with Crippen LogP contribution in [0.5, 0.6) is 0 Å². The number of carbonyl (C=O) groups is 1. The van der Waals surface area contributed by atoms with Crippen molar-refractivity contribution < 1.29 is 13.9 Å². The van der Waals surface area contributed by atoms with Crippen LogP contribution in [0.1, 0.15) is 40.0 Å². The van der Waals surface area contributed by atoms with Crippen LogP contribution >= 0.6 is 0 Å². The Bertz CT molecular complexity index is 253. The van der Waals surface area contributed by atoms with Crippen molar-refractivity contribution in [3.05, 3.63) is 0 Å². The highest BCUT2D eigenvalue weighted by molar-refractivity contribution is 5.68. The highest BCUT2D eigenvalue weighted by Gasteiger charge is 2.31. The van der Waals surface area contributed by atoms with Crippen LogP contribution in [0, 0.1) is 0 Å². The zero-order valence-corrected chi connectivity index (χ0v) is 10.1. The molecular formula is C11H21FN2O2. The molecule has 1 amide bonds. The predicted octanol–water partition coefficient (Wildman–Crippen LogP) is 1.73.